The molecule has 1 aromatic heterocycles. The molecule has 0 bridgehead atoms. The van der Waals surface area contributed by atoms with Crippen LogP contribution in [0.25, 0.3) is 11.0 Å². The van der Waals surface area contributed by atoms with Crippen LogP contribution in [0, 0.1) is 5.82 Å². The van der Waals surface area contributed by atoms with Crippen LogP contribution in [-0.4, -0.2) is 22.1 Å². The number of amides is 2. The minimum absolute atomic E-state index is 0.00559. The van der Waals surface area contributed by atoms with Crippen LogP contribution in [0.15, 0.2) is 53.7 Å². The molecular weight excluding hydrogens is 339 g/mol. The Kier molecular flexibility index (Phi) is 5.02. The Morgan fingerprint density at radius 1 is 1.15 bits per heavy atom. The van der Waals surface area contributed by atoms with Gasteiger partial charge in [-0.25, -0.2) is 9.02 Å². The SMILES string of the molecule is C=CC(=O)NCc1ccc(CNC(=O)c2cccc3nonc23)c(F)c1. The van der Waals surface area contributed by atoms with E-state index in [-0.39, 0.29) is 19.0 Å². The van der Waals surface area contributed by atoms with E-state index in [1.165, 1.54) is 6.07 Å². The highest BCUT2D eigenvalue weighted by Gasteiger charge is 2.14. The summed E-state index contributed by atoms with van der Waals surface area (Å²) in [6.07, 6.45) is 1.14. The second-order valence-electron chi connectivity index (χ2n) is 5.47. The van der Waals surface area contributed by atoms with E-state index in [1.54, 1.807) is 30.3 Å². The molecule has 0 saturated carbocycles. The first-order valence-corrected chi connectivity index (χ1v) is 7.75. The van der Waals surface area contributed by atoms with E-state index >= 15 is 0 Å². The standard InChI is InChI=1S/C18H15FN4O3/c1-2-16(24)20-9-11-6-7-12(14(19)8-11)10-21-18(25)13-4-3-5-15-17(13)23-26-22-15/h2-8H,1,9-10H2,(H,20,24)(H,21,25). The van der Waals surface area contributed by atoms with Crippen LogP contribution in [0.5, 0.6) is 0 Å². The van der Waals surface area contributed by atoms with Gasteiger partial charge >= 0.3 is 0 Å². The number of fused-ring (bicyclic) bond motifs is 1. The average molecular weight is 354 g/mol. The van der Waals surface area contributed by atoms with E-state index in [9.17, 15) is 14.0 Å². The fourth-order valence-corrected chi connectivity index (χ4v) is 2.37. The maximum Gasteiger partial charge on any atom is 0.253 e. The topological polar surface area (TPSA) is 97.1 Å². The number of aromatic nitrogens is 2. The third-order valence-corrected chi connectivity index (χ3v) is 3.74. The number of rotatable bonds is 6. The van der Waals surface area contributed by atoms with Gasteiger partial charge in [-0.15, -0.1) is 0 Å². The van der Waals surface area contributed by atoms with Gasteiger partial charge in [0.05, 0.1) is 5.56 Å². The summed E-state index contributed by atoms with van der Waals surface area (Å²) >= 11 is 0. The summed E-state index contributed by atoms with van der Waals surface area (Å²) in [6.45, 7) is 3.54. The van der Waals surface area contributed by atoms with Crippen LogP contribution in [-0.2, 0) is 17.9 Å². The molecule has 0 aliphatic carbocycles. The number of hydrogen-bond acceptors (Lipinski definition) is 5. The Morgan fingerprint density at radius 3 is 2.77 bits per heavy atom. The van der Waals surface area contributed by atoms with E-state index in [4.69, 9.17) is 0 Å². The van der Waals surface area contributed by atoms with Crippen molar-refractivity contribution in [1.29, 1.82) is 0 Å². The minimum atomic E-state index is -0.475. The summed E-state index contributed by atoms with van der Waals surface area (Å²) in [6, 6.07) is 9.47. The molecule has 3 aromatic rings. The van der Waals surface area contributed by atoms with E-state index in [2.05, 4.69) is 32.2 Å². The van der Waals surface area contributed by atoms with Crippen molar-refractivity contribution in [2.75, 3.05) is 0 Å². The first-order valence-electron chi connectivity index (χ1n) is 7.75. The van der Waals surface area contributed by atoms with Gasteiger partial charge in [0.2, 0.25) is 5.91 Å². The molecule has 26 heavy (non-hydrogen) atoms. The van der Waals surface area contributed by atoms with Gasteiger partial charge in [0.15, 0.2) is 0 Å². The van der Waals surface area contributed by atoms with Crippen LogP contribution in [0.1, 0.15) is 21.5 Å². The van der Waals surface area contributed by atoms with Gasteiger partial charge < -0.3 is 10.6 Å². The van der Waals surface area contributed by atoms with Crippen LogP contribution in [0.2, 0.25) is 0 Å². The van der Waals surface area contributed by atoms with Crippen LogP contribution in [0.3, 0.4) is 0 Å². The van der Waals surface area contributed by atoms with Gasteiger partial charge in [-0.2, -0.15) is 0 Å². The number of nitrogens with one attached hydrogen (secondary N) is 2. The molecule has 0 aliphatic heterocycles. The molecule has 0 spiro atoms. The molecule has 1 heterocycles. The van der Waals surface area contributed by atoms with Gasteiger partial charge in [0.1, 0.15) is 16.9 Å². The van der Waals surface area contributed by atoms with Crippen molar-refractivity contribution in [2.45, 2.75) is 13.1 Å². The molecule has 7 nitrogen and oxygen atoms in total. The number of nitrogens with zero attached hydrogens (tertiary/aromatic N) is 2. The van der Waals surface area contributed by atoms with E-state index in [1.807, 2.05) is 0 Å². The quantitative estimate of drug-likeness (QED) is 0.661. The summed E-state index contributed by atoms with van der Waals surface area (Å²) in [7, 11) is 0. The Morgan fingerprint density at radius 2 is 2.00 bits per heavy atom. The second kappa shape index (κ2) is 7.56. The zero-order valence-electron chi connectivity index (χ0n) is 13.7. The molecule has 8 heteroatoms. The number of hydrogen-bond donors (Lipinski definition) is 2. The Balaban J connectivity index is 1.66. The van der Waals surface area contributed by atoms with Crippen LogP contribution >= 0.6 is 0 Å². The monoisotopic (exact) mass is 354 g/mol. The van der Waals surface area contributed by atoms with Crippen molar-refractivity contribution in [3.05, 3.63) is 71.6 Å². The lowest BCUT2D eigenvalue weighted by Crippen LogP contribution is -2.24. The van der Waals surface area contributed by atoms with Crippen LogP contribution < -0.4 is 10.6 Å². The van der Waals surface area contributed by atoms with Gasteiger partial charge in [-0.1, -0.05) is 24.8 Å². The fraction of sp³-hybridized carbons (Fsp3) is 0.111. The third-order valence-electron chi connectivity index (χ3n) is 3.74. The predicted octanol–water partition coefficient (Wildman–Crippen LogP) is 2.09. The smallest absolute Gasteiger partial charge is 0.253 e. The van der Waals surface area contributed by atoms with Crippen molar-refractivity contribution in [3.63, 3.8) is 0 Å². The van der Waals surface area contributed by atoms with E-state index < -0.39 is 11.7 Å². The maximum absolute atomic E-state index is 14.2. The normalized spacial score (nSPS) is 10.5. The highest BCUT2D eigenvalue weighted by Crippen LogP contribution is 2.15. The van der Waals surface area contributed by atoms with E-state index in [0.29, 0.717) is 27.7 Å². The molecule has 0 atom stereocenters. The summed E-state index contributed by atoms with van der Waals surface area (Å²) in [5.41, 5.74) is 2.04. The summed E-state index contributed by atoms with van der Waals surface area (Å²) < 4.78 is 18.8. The molecule has 0 aliphatic rings. The zero-order chi connectivity index (χ0) is 18.5. The molecule has 0 unspecified atom stereocenters. The third kappa shape index (κ3) is 3.75. The second-order valence-corrected chi connectivity index (χ2v) is 5.47. The molecule has 2 N–H and O–H groups in total. The molecule has 0 radical (unpaired) electrons. The number of halogens is 1. The van der Waals surface area contributed by atoms with Gasteiger partial charge in [0, 0.05) is 18.7 Å². The molecule has 0 saturated heterocycles. The van der Waals surface area contributed by atoms with Crippen molar-refractivity contribution >= 4 is 22.8 Å². The van der Waals surface area contributed by atoms with Gasteiger partial charge in [-0.05, 0) is 40.2 Å². The van der Waals surface area contributed by atoms with Crippen LogP contribution in [0.4, 0.5) is 4.39 Å². The fourth-order valence-electron chi connectivity index (χ4n) is 2.37. The highest BCUT2D eigenvalue weighted by atomic mass is 19.1. The largest absolute Gasteiger partial charge is 0.348 e. The van der Waals surface area contributed by atoms with Gasteiger partial charge in [0.25, 0.3) is 5.91 Å². The predicted molar refractivity (Wildman–Crippen MR) is 91.4 cm³/mol. The molecule has 132 valence electrons. The first kappa shape index (κ1) is 17.3. The van der Waals surface area contributed by atoms with Crippen molar-refractivity contribution in [1.82, 2.24) is 20.9 Å². The minimum Gasteiger partial charge on any atom is -0.348 e. The Bertz CT molecular complexity index is 983. The summed E-state index contributed by atoms with van der Waals surface area (Å²) in [5.74, 6) is -1.22. The maximum atomic E-state index is 14.2. The first-order chi connectivity index (χ1) is 12.6. The average Bonchev–Trinajstić information content (AvgIpc) is 3.13. The lowest BCUT2D eigenvalue weighted by molar-refractivity contribution is -0.116. The molecule has 2 amide bonds. The summed E-state index contributed by atoms with van der Waals surface area (Å²) in [5, 5.41) is 12.6. The van der Waals surface area contributed by atoms with Gasteiger partial charge in [-0.3, -0.25) is 9.59 Å². The highest BCUT2D eigenvalue weighted by molar-refractivity contribution is 6.04. The van der Waals surface area contributed by atoms with Crippen molar-refractivity contribution in [3.8, 4) is 0 Å². The Hall–Kier alpha value is -3.55. The lowest BCUT2D eigenvalue weighted by Gasteiger charge is -2.09. The molecule has 0 fully saturated rings. The number of benzene rings is 2. The van der Waals surface area contributed by atoms with E-state index in [0.717, 1.165) is 6.08 Å². The molecular formula is C18H15FN4O3. The molecule has 2 aromatic carbocycles. The number of carbonyl (C=O) groups is 2. The number of carbonyl (C=O) groups excluding carboxylic acids is 2. The Labute approximate surface area is 147 Å². The lowest BCUT2D eigenvalue weighted by atomic mass is 10.1. The summed E-state index contributed by atoms with van der Waals surface area (Å²) in [4.78, 5) is 23.5. The molecule has 3 rings (SSSR count). The zero-order valence-corrected chi connectivity index (χ0v) is 13.7. The van der Waals surface area contributed by atoms with Crippen molar-refractivity contribution in [2.24, 2.45) is 0 Å². The van der Waals surface area contributed by atoms with Crippen molar-refractivity contribution < 1.29 is 18.6 Å².